The van der Waals surface area contributed by atoms with Gasteiger partial charge in [-0.15, -0.1) is 24.0 Å². The van der Waals surface area contributed by atoms with Crippen LogP contribution in [0.15, 0.2) is 29.5 Å². The molecule has 0 spiro atoms. The van der Waals surface area contributed by atoms with Gasteiger partial charge in [-0.1, -0.05) is 6.07 Å². The summed E-state index contributed by atoms with van der Waals surface area (Å²) in [7, 11) is 3.73. The van der Waals surface area contributed by atoms with Crippen molar-refractivity contribution < 1.29 is 8.78 Å². The van der Waals surface area contributed by atoms with Crippen LogP contribution in [0.1, 0.15) is 18.3 Å². The number of nitrogens with zero attached hydrogens (tertiary/aromatic N) is 5. The number of nitrogens with one attached hydrogen (secondary N) is 1. The fraction of sp³-hybridized carbons (Fsp3) is 0.438. The minimum absolute atomic E-state index is 0. The van der Waals surface area contributed by atoms with Gasteiger partial charge in [0.1, 0.15) is 23.8 Å². The third-order valence-corrected chi connectivity index (χ3v) is 3.54. The fourth-order valence-corrected chi connectivity index (χ4v) is 2.23. The summed E-state index contributed by atoms with van der Waals surface area (Å²) in [5.41, 5.74) is 0.451. The van der Waals surface area contributed by atoms with Crippen molar-refractivity contribution in [2.24, 2.45) is 12.0 Å². The van der Waals surface area contributed by atoms with Crippen molar-refractivity contribution in [3.63, 3.8) is 0 Å². The average molecular weight is 464 g/mol. The quantitative estimate of drug-likeness (QED) is 0.405. The molecule has 0 unspecified atom stereocenters. The van der Waals surface area contributed by atoms with E-state index in [1.807, 2.05) is 25.9 Å². The second-order valence-electron chi connectivity index (χ2n) is 5.38. The Morgan fingerprint density at radius 2 is 2.12 bits per heavy atom. The molecule has 1 N–H and O–H groups in total. The van der Waals surface area contributed by atoms with E-state index >= 15 is 0 Å². The Hall–Kier alpha value is -1.78. The van der Waals surface area contributed by atoms with Crippen LogP contribution in [0.4, 0.5) is 8.78 Å². The molecule has 0 fully saturated rings. The van der Waals surface area contributed by atoms with E-state index in [1.165, 1.54) is 18.5 Å². The summed E-state index contributed by atoms with van der Waals surface area (Å²) in [5.74, 6) is 0.398. The molecule has 0 radical (unpaired) electrons. The van der Waals surface area contributed by atoms with Gasteiger partial charge in [0.25, 0.3) is 0 Å². The van der Waals surface area contributed by atoms with Crippen LogP contribution < -0.4 is 5.32 Å². The average Bonchev–Trinajstić information content (AvgIpc) is 2.93. The predicted molar refractivity (Wildman–Crippen MR) is 104 cm³/mol. The number of rotatable bonds is 6. The fourth-order valence-electron chi connectivity index (χ4n) is 2.23. The van der Waals surface area contributed by atoms with Crippen LogP contribution in [0.5, 0.6) is 0 Å². The van der Waals surface area contributed by atoms with Crippen LogP contribution in [0.3, 0.4) is 0 Å². The minimum atomic E-state index is -0.573. The van der Waals surface area contributed by atoms with Gasteiger partial charge in [-0.25, -0.2) is 13.8 Å². The monoisotopic (exact) mass is 464 g/mol. The second-order valence-corrected chi connectivity index (χ2v) is 5.38. The Kier molecular flexibility index (Phi) is 8.73. The van der Waals surface area contributed by atoms with E-state index in [0.29, 0.717) is 37.6 Å². The molecule has 0 saturated carbocycles. The number of halogens is 3. The number of aliphatic imine (C=N–C) groups is 1. The Morgan fingerprint density at radius 1 is 1.36 bits per heavy atom. The lowest BCUT2D eigenvalue weighted by atomic mass is 10.1. The highest BCUT2D eigenvalue weighted by Gasteiger charge is 2.10. The number of aromatic nitrogens is 3. The maximum Gasteiger partial charge on any atom is 0.194 e. The summed E-state index contributed by atoms with van der Waals surface area (Å²) >= 11 is 0. The summed E-state index contributed by atoms with van der Waals surface area (Å²) in [5, 5.41) is 7.23. The summed E-state index contributed by atoms with van der Waals surface area (Å²) in [6.45, 7) is 3.64. The zero-order chi connectivity index (χ0) is 17.5. The Morgan fingerprint density at radius 3 is 2.72 bits per heavy atom. The van der Waals surface area contributed by atoms with Crippen LogP contribution in [-0.2, 0) is 20.0 Å². The van der Waals surface area contributed by atoms with E-state index in [9.17, 15) is 8.78 Å². The predicted octanol–water partition coefficient (Wildman–Crippen LogP) is 2.35. The molecule has 0 atom stereocenters. The molecule has 1 heterocycles. The molecular weight excluding hydrogens is 441 g/mol. The third-order valence-electron chi connectivity index (χ3n) is 3.54. The Balaban J connectivity index is 0.00000312. The van der Waals surface area contributed by atoms with Crippen molar-refractivity contribution in [2.45, 2.75) is 19.9 Å². The molecule has 0 aliphatic carbocycles. The van der Waals surface area contributed by atoms with Gasteiger partial charge in [0.15, 0.2) is 5.96 Å². The first-order valence-electron chi connectivity index (χ1n) is 7.77. The first kappa shape index (κ1) is 21.3. The second kappa shape index (κ2) is 10.3. The number of benzene rings is 1. The third kappa shape index (κ3) is 6.22. The van der Waals surface area contributed by atoms with E-state index in [1.54, 1.807) is 4.68 Å². The molecule has 25 heavy (non-hydrogen) atoms. The van der Waals surface area contributed by atoms with E-state index < -0.39 is 11.6 Å². The zero-order valence-corrected chi connectivity index (χ0v) is 16.9. The summed E-state index contributed by atoms with van der Waals surface area (Å²) < 4.78 is 28.3. The smallest absolute Gasteiger partial charge is 0.194 e. The largest absolute Gasteiger partial charge is 0.357 e. The topological polar surface area (TPSA) is 58.3 Å². The van der Waals surface area contributed by atoms with Crippen molar-refractivity contribution in [3.05, 3.63) is 47.5 Å². The van der Waals surface area contributed by atoms with Crippen molar-refractivity contribution >= 4 is 29.9 Å². The van der Waals surface area contributed by atoms with E-state index in [4.69, 9.17) is 0 Å². The van der Waals surface area contributed by atoms with Gasteiger partial charge < -0.3 is 10.2 Å². The Bertz CT molecular complexity index is 704. The molecule has 2 aromatic rings. The van der Waals surface area contributed by atoms with E-state index in [-0.39, 0.29) is 24.0 Å². The van der Waals surface area contributed by atoms with Crippen molar-refractivity contribution in [1.82, 2.24) is 25.0 Å². The van der Waals surface area contributed by atoms with Crippen molar-refractivity contribution in [3.8, 4) is 0 Å². The lowest BCUT2D eigenvalue weighted by Crippen LogP contribution is -2.39. The highest BCUT2D eigenvalue weighted by atomic mass is 127. The highest BCUT2D eigenvalue weighted by molar-refractivity contribution is 14.0. The Labute approximate surface area is 163 Å². The molecule has 0 saturated heterocycles. The molecule has 2 rings (SSSR count). The van der Waals surface area contributed by atoms with Gasteiger partial charge in [-0.2, -0.15) is 5.10 Å². The molecule has 1 aromatic carbocycles. The maximum atomic E-state index is 13.6. The van der Waals surface area contributed by atoms with Gasteiger partial charge in [0.05, 0.1) is 6.54 Å². The van der Waals surface area contributed by atoms with E-state index in [2.05, 4.69) is 20.4 Å². The van der Waals surface area contributed by atoms with E-state index in [0.717, 1.165) is 11.9 Å². The van der Waals surface area contributed by atoms with Gasteiger partial charge in [-0.3, -0.25) is 9.67 Å². The van der Waals surface area contributed by atoms with Gasteiger partial charge in [-0.05, 0) is 25.0 Å². The minimum Gasteiger partial charge on any atom is -0.357 e. The molecule has 6 nitrogen and oxygen atoms in total. The molecule has 0 aliphatic heterocycles. The van der Waals surface area contributed by atoms with Crippen LogP contribution in [-0.4, -0.2) is 45.8 Å². The first-order valence-corrected chi connectivity index (χ1v) is 7.77. The van der Waals surface area contributed by atoms with Crippen molar-refractivity contribution in [2.75, 3.05) is 20.1 Å². The van der Waals surface area contributed by atoms with Crippen LogP contribution in [0.25, 0.3) is 0 Å². The lowest BCUT2D eigenvalue weighted by Gasteiger charge is -2.21. The summed E-state index contributed by atoms with van der Waals surface area (Å²) in [6, 6.07) is 3.61. The standard InChI is InChI=1S/C16H22F2N6.HI/c1-4-19-16(23(2)10-15-21-11-22-24(15)3)20-8-7-12-5-6-13(17)9-14(12)18;/h5-6,9,11H,4,7-8,10H2,1-3H3,(H,19,20);1H. The SMILES string of the molecule is CCNC(=NCCc1ccc(F)cc1F)N(C)Cc1ncnn1C.I. The molecule has 0 aliphatic rings. The lowest BCUT2D eigenvalue weighted by molar-refractivity contribution is 0.448. The van der Waals surface area contributed by atoms with Crippen LogP contribution in [0.2, 0.25) is 0 Å². The zero-order valence-electron chi connectivity index (χ0n) is 14.5. The van der Waals surface area contributed by atoms with Crippen molar-refractivity contribution in [1.29, 1.82) is 0 Å². The number of hydrogen-bond donors (Lipinski definition) is 1. The molecule has 0 amide bonds. The number of hydrogen-bond acceptors (Lipinski definition) is 3. The van der Waals surface area contributed by atoms with Gasteiger partial charge in [0, 0.05) is 33.3 Å². The van der Waals surface area contributed by atoms with Crippen LogP contribution >= 0.6 is 24.0 Å². The normalized spacial score (nSPS) is 11.2. The highest BCUT2D eigenvalue weighted by Crippen LogP contribution is 2.10. The molecule has 9 heteroatoms. The first-order chi connectivity index (χ1) is 11.5. The molecule has 1 aromatic heterocycles. The maximum absolute atomic E-state index is 13.6. The van der Waals surface area contributed by atoms with Gasteiger partial charge >= 0.3 is 0 Å². The molecule has 0 bridgehead atoms. The summed E-state index contributed by atoms with van der Waals surface area (Å²) in [6.07, 6.45) is 1.91. The number of aryl methyl sites for hydroxylation is 1. The number of guanidine groups is 1. The summed E-state index contributed by atoms with van der Waals surface area (Å²) in [4.78, 5) is 10.6. The van der Waals surface area contributed by atoms with Gasteiger partial charge in [0.2, 0.25) is 0 Å². The van der Waals surface area contributed by atoms with Crippen LogP contribution in [0, 0.1) is 11.6 Å². The molecular formula is C16H23F2IN6. The molecule has 138 valence electrons.